The standard InChI is InChI=1S/C41H54F3N5O10S/c1-8-57-31-19-25-18-27(56-7)13-14-29(25)34(45-31)58-28-20-30-33(50)47-40(36(52)48-60(54,55)39(6)15-16-39)21-26(40)12-10-9-11-23(2)17-24(3)32(35(51)49(30)22-28)46-37(53)59-38(4,5)41(42,43)44/h10,12-14,18-19,23-24,26,28,30,32H,8-9,11,15-17,20-22H2,1-7H3,(H,46,53)(H,47,50)(H,48,52)/t23-,24+,26+,28+,30-,32-,40+/m0/s1. The Morgan fingerprint density at radius 2 is 1.82 bits per heavy atom. The molecule has 2 saturated carbocycles. The van der Waals surface area contributed by atoms with Gasteiger partial charge in [0.15, 0.2) is 0 Å². The number of carbonyl (C=O) groups is 4. The molecule has 2 aliphatic carbocycles. The molecular formula is C41H54F3N5O10S. The van der Waals surface area contributed by atoms with Gasteiger partial charge in [0, 0.05) is 23.8 Å². The Hall–Kier alpha value is -4.81. The van der Waals surface area contributed by atoms with Gasteiger partial charge in [-0.15, -0.1) is 0 Å². The Morgan fingerprint density at radius 3 is 2.47 bits per heavy atom. The number of carbonyl (C=O) groups excluding carboxylic acids is 4. The van der Waals surface area contributed by atoms with Gasteiger partial charge in [-0.2, -0.15) is 18.2 Å². The van der Waals surface area contributed by atoms with Crippen molar-refractivity contribution in [1.82, 2.24) is 25.2 Å². The lowest BCUT2D eigenvalue weighted by molar-refractivity contribution is -0.244. The average Bonchev–Trinajstić information content (AvgIpc) is 4.04. The number of alkyl carbamates (subject to hydrolysis) is 1. The highest BCUT2D eigenvalue weighted by atomic mass is 32.2. The van der Waals surface area contributed by atoms with Crippen LogP contribution < -0.4 is 29.6 Å². The van der Waals surface area contributed by atoms with Gasteiger partial charge in [0.2, 0.25) is 39.2 Å². The predicted octanol–water partition coefficient (Wildman–Crippen LogP) is 5.31. The van der Waals surface area contributed by atoms with Crippen molar-refractivity contribution in [3.63, 3.8) is 0 Å². The second kappa shape index (κ2) is 16.6. The Kier molecular flexibility index (Phi) is 12.4. The van der Waals surface area contributed by atoms with Crippen molar-refractivity contribution < 1.29 is 59.7 Å². The number of fused-ring (bicyclic) bond motifs is 3. The van der Waals surface area contributed by atoms with E-state index in [0.717, 1.165) is 0 Å². The number of alkyl halides is 3. The van der Waals surface area contributed by atoms with Crippen LogP contribution in [-0.4, -0.2) is 103 Å². The molecule has 15 nitrogen and oxygen atoms in total. The van der Waals surface area contributed by atoms with Crippen LogP contribution in [0.25, 0.3) is 10.8 Å². The number of halogens is 3. The molecule has 4 amide bonds. The summed E-state index contributed by atoms with van der Waals surface area (Å²) < 4.78 is 91.2. The number of methoxy groups -OCH3 is 1. The fraction of sp³-hybridized carbons (Fsp3) is 0.634. The van der Waals surface area contributed by atoms with E-state index in [1.165, 1.54) is 18.9 Å². The third kappa shape index (κ3) is 9.24. The summed E-state index contributed by atoms with van der Waals surface area (Å²) in [5, 5.41) is 6.40. The number of ether oxygens (including phenoxy) is 4. The molecule has 1 saturated heterocycles. The van der Waals surface area contributed by atoms with E-state index in [1.54, 1.807) is 44.2 Å². The molecule has 0 spiro atoms. The first-order valence-corrected chi connectivity index (χ1v) is 21.7. The maximum absolute atomic E-state index is 14.8. The van der Waals surface area contributed by atoms with Crippen LogP contribution in [0.5, 0.6) is 17.5 Å². The molecule has 60 heavy (non-hydrogen) atoms. The summed E-state index contributed by atoms with van der Waals surface area (Å²) in [6.45, 7) is 8.36. The maximum Gasteiger partial charge on any atom is 0.427 e. The Labute approximate surface area is 347 Å². The molecule has 330 valence electrons. The number of amides is 4. The second-order valence-electron chi connectivity index (χ2n) is 17.3. The van der Waals surface area contributed by atoms with E-state index in [9.17, 15) is 40.8 Å². The Balaban J connectivity index is 1.37. The number of nitrogens with zero attached hydrogens (tertiary/aromatic N) is 2. The fourth-order valence-electron chi connectivity index (χ4n) is 7.82. The van der Waals surface area contributed by atoms with Crippen molar-refractivity contribution >= 4 is 44.6 Å². The third-order valence-electron chi connectivity index (χ3n) is 12.1. The highest BCUT2D eigenvalue weighted by Gasteiger charge is 2.63. The van der Waals surface area contributed by atoms with E-state index in [0.29, 0.717) is 62.5 Å². The van der Waals surface area contributed by atoms with Gasteiger partial charge in [-0.3, -0.25) is 19.1 Å². The molecule has 4 aliphatic rings. The molecule has 3 N–H and O–H groups in total. The largest absolute Gasteiger partial charge is 0.497 e. The van der Waals surface area contributed by atoms with Crippen molar-refractivity contribution in [1.29, 1.82) is 0 Å². The number of allylic oxidation sites excluding steroid dienone is 1. The van der Waals surface area contributed by atoms with Gasteiger partial charge in [-0.25, -0.2) is 13.2 Å². The third-order valence-corrected chi connectivity index (χ3v) is 14.3. The lowest BCUT2D eigenvalue weighted by Crippen LogP contribution is -2.59. The van der Waals surface area contributed by atoms with E-state index in [1.807, 2.05) is 13.0 Å². The number of hydrogen-bond donors (Lipinski definition) is 3. The van der Waals surface area contributed by atoms with Gasteiger partial charge in [-0.05, 0) is 102 Å². The second-order valence-corrected chi connectivity index (χ2v) is 19.5. The minimum absolute atomic E-state index is 0.0491. The maximum atomic E-state index is 14.8. The van der Waals surface area contributed by atoms with Gasteiger partial charge in [-0.1, -0.05) is 26.0 Å². The molecule has 1 aromatic carbocycles. The molecule has 2 aromatic rings. The molecule has 6 rings (SSSR count). The molecule has 3 heterocycles. The number of rotatable bonds is 10. The number of aromatic nitrogens is 1. The summed E-state index contributed by atoms with van der Waals surface area (Å²) in [4.78, 5) is 62.3. The Bertz CT molecular complexity index is 2150. The van der Waals surface area contributed by atoms with Gasteiger partial charge in [0.25, 0.3) is 5.91 Å². The number of benzene rings is 1. The zero-order chi connectivity index (χ0) is 44.0. The first-order chi connectivity index (χ1) is 28.0. The minimum atomic E-state index is -4.92. The van der Waals surface area contributed by atoms with E-state index in [4.69, 9.17) is 18.9 Å². The summed E-state index contributed by atoms with van der Waals surface area (Å²) >= 11 is 0. The first-order valence-electron chi connectivity index (χ1n) is 20.2. The van der Waals surface area contributed by atoms with E-state index in [2.05, 4.69) is 20.3 Å². The molecule has 0 radical (unpaired) electrons. The molecule has 19 heteroatoms. The van der Waals surface area contributed by atoms with Crippen molar-refractivity contribution in [2.75, 3.05) is 20.3 Å². The molecule has 1 aromatic heterocycles. The van der Waals surface area contributed by atoms with Crippen LogP contribution in [0.3, 0.4) is 0 Å². The molecule has 0 bridgehead atoms. The van der Waals surface area contributed by atoms with Crippen molar-refractivity contribution in [2.45, 2.75) is 127 Å². The monoisotopic (exact) mass is 865 g/mol. The van der Waals surface area contributed by atoms with Crippen LogP contribution in [-0.2, 0) is 29.1 Å². The average molecular weight is 866 g/mol. The number of sulfonamides is 1. The lowest BCUT2D eigenvalue weighted by Gasteiger charge is -2.34. The molecule has 3 fully saturated rings. The minimum Gasteiger partial charge on any atom is -0.497 e. The Morgan fingerprint density at radius 1 is 1.10 bits per heavy atom. The van der Waals surface area contributed by atoms with Crippen LogP contribution in [0.2, 0.25) is 0 Å². The fourth-order valence-corrected chi connectivity index (χ4v) is 9.13. The van der Waals surface area contributed by atoms with Crippen molar-refractivity contribution in [2.24, 2.45) is 17.8 Å². The van der Waals surface area contributed by atoms with Crippen LogP contribution in [0, 0.1) is 17.8 Å². The summed E-state index contributed by atoms with van der Waals surface area (Å²) in [7, 11) is -2.57. The number of pyridine rings is 1. The van der Waals surface area contributed by atoms with Crippen molar-refractivity contribution in [3.8, 4) is 17.5 Å². The highest BCUT2D eigenvalue weighted by Crippen LogP contribution is 2.48. The highest BCUT2D eigenvalue weighted by molar-refractivity contribution is 7.91. The zero-order valence-corrected chi connectivity index (χ0v) is 35.6. The molecular weight excluding hydrogens is 812 g/mol. The SMILES string of the molecule is CCOc1cc2cc(OC)ccc2c(O[C@@H]2C[C@H]3C(=O)N[C@]4(C(=O)NS(=O)(=O)C5(C)CC5)C[C@H]4C=CCC[C@H](C)C[C@@H](C)[C@H](NC(=O)OC(C)(C)C(F)(F)F)C(=O)N3C2)n1. The zero-order valence-electron chi connectivity index (χ0n) is 34.8. The summed E-state index contributed by atoms with van der Waals surface area (Å²) in [6, 6.07) is 4.10. The first kappa shape index (κ1) is 44.7. The van der Waals surface area contributed by atoms with E-state index in [-0.39, 0.29) is 43.7 Å². The summed E-state index contributed by atoms with van der Waals surface area (Å²) in [5.41, 5.74) is -4.56. The summed E-state index contributed by atoms with van der Waals surface area (Å²) in [5.74, 6) is -2.85. The topological polar surface area (TPSA) is 192 Å². The summed E-state index contributed by atoms with van der Waals surface area (Å²) in [6.07, 6.45) is -1.50. The molecule has 0 unspecified atom stereocenters. The normalized spacial score (nSPS) is 28.3. The number of nitrogens with one attached hydrogen (secondary N) is 3. The van der Waals surface area contributed by atoms with Gasteiger partial charge < -0.3 is 34.5 Å². The number of hydrogen-bond acceptors (Lipinski definition) is 11. The lowest BCUT2D eigenvalue weighted by atomic mass is 9.88. The van der Waals surface area contributed by atoms with Crippen molar-refractivity contribution in [3.05, 3.63) is 36.4 Å². The van der Waals surface area contributed by atoms with Gasteiger partial charge in [0.1, 0.15) is 29.5 Å². The smallest absolute Gasteiger partial charge is 0.427 e. The van der Waals surface area contributed by atoms with Crippen LogP contribution in [0.4, 0.5) is 18.0 Å². The molecule has 2 aliphatic heterocycles. The predicted molar refractivity (Wildman–Crippen MR) is 213 cm³/mol. The van der Waals surface area contributed by atoms with Crippen LogP contribution in [0.1, 0.15) is 86.5 Å². The van der Waals surface area contributed by atoms with Crippen LogP contribution >= 0.6 is 0 Å². The molecule has 7 atom stereocenters. The quantitative estimate of drug-likeness (QED) is 0.262. The van der Waals surface area contributed by atoms with Gasteiger partial charge >= 0.3 is 12.3 Å². The van der Waals surface area contributed by atoms with E-state index >= 15 is 0 Å². The van der Waals surface area contributed by atoms with E-state index < -0.39 is 85.9 Å². The van der Waals surface area contributed by atoms with Crippen LogP contribution in [0.15, 0.2) is 36.4 Å². The van der Waals surface area contributed by atoms with Gasteiger partial charge in [0.05, 0.1) is 25.0 Å².